The highest BCUT2D eigenvalue weighted by molar-refractivity contribution is 8.24. The normalized spacial score (nSPS) is 18.4. The van der Waals surface area contributed by atoms with Gasteiger partial charge in [0.2, 0.25) is 0 Å². The van der Waals surface area contributed by atoms with Gasteiger partial charge in [-0.25, -0.2) is 4.79 Å². The van der Waals surface area contributed by atoms with Crippen LogP contribution in [0, 0.1) is 5.92 Å². The molecule has 1 aliphatic rings. The van der Waals surface area contributed by atoms with Crippen molar-refractivity contribution in [3.63, 3.8) is 0 Å². The van der Waals surface area contributed by atoms with Crippen LogP contribution < -0.4 is 9.64 Å². The summed E-state index contributed by atoms with van der Waals surface area (Å²) in [5, 5.41) is 0. The molecular weight excluding hydrogens is 494 g/mol. The summed E-state index contributed by atoms with van der Waals surface area (Å²) in [7, 11) is -3.07. The zero-order chi connectivity index (χ0) is 26.3. The molecule has 0 aromatic heterocycles. The number of hydrogen-bond acceptors (Lipinski definition) is 7. The van der Waals surface area contributed by atoms with Crippen molar-refractivity contribution in [1.29, 1.82) is 0 Å². The number of nitrogens with zero attached hydrogens (tertiary/aromatic N) is 1. The molecule has 0 bridgehead atoms. The Morgan fingerprint density at radius 1 is 1.19 bits per heavy atom. The Balaban J connectivity index is 2.04. The third kappa shape index (κ3) is 7.68. The second kappa shape index (κ2) is 12.4. The molecule has 1 aliphatic heterocycles. The van der Waals surface area contributed by atoms with Crippen molar-refractivity contribution in [1.82, 2.24) is 0 Å². The first kappa shape index (κ1) is 28.4. The number of anilines is 2. The number of carbonyl (C=O) groups is 1. The smallest absolute Gasteiger partial charge is 0.334 e. The highest BCUT2D eigenvalue weighted by atomic mass is 32.3. The van der Waals surface area contributed by atoms with Gasteiger partial charge in [0.25, 0.3) is 0 Å². The topological polar surface area (TPSA) is 79.2 Å². The van der Waals surface area contributed by atoms with Crippen LogP contribution in [-0.2, 0) is 9.53 Å². The Morgan fingerprint density at radius 2 is 1.92 bits per heavy atom. The molecule has 36 heavy (non-hydrogen) atoms. The molecule has 2 aromatic rings. The second-order valence-electron chi connectivity index (χ2n) is 9.94. The van der Waals surface area contributed by atoms with Crippen LogP contribution in [0.3, 0.4) is 0 Å². The van der Waals surface area contributed by atoms with E-state index in [0.717, 1.165) is 41.3 Å². The number of hydrogen-bond donors (Lipinski definition) is 2. The van der Waals surface area contributed by atoms with Gasteiger partial charge in [0.1, 0.15) is 11.4 Å². The third-order valence-corrected chi connectivity index (χ3v) is 8.60. The molecule has 6 nitrogen and oxygen atoms in total. The molecule has 1 unspecified atom stereocenters. The Labute approximate surface area is 221 Å². The van der Waals surface area contributed by atoms with Gasteiger partial charge >= 0.3 is 5.97 Å². The minimum atomic E-state index is -3.07. The number of para-hydroxylation sites is 1. The van der Waals surface area contributed by atoms with E-state index in [1.54, 1.807) is 38.6 Å². The van der Waals surface area contributed by atoms with Crippen LogP contribution >= 0.6 is 22.4 Å². The summed E-state index contributed by atoms with van der Waals surface area (Å²) >= 11 is 1.61. The van der Waals surface area contributed by atoms with Gasteiger partial charge in [0.15, 0.2) is 0 Å². The molecule has 0 aliphatic carbocycles. The number of fused-ring (bicyclic) bond motifs is 1. The summed E-state index contributed by atoms with van der Waals surface area (Å²) in [5.41, 5.74) is 1.21. The van der Waals surface area contributed by atoms with Gasteiger partial charge in [-0.1, -0.05) is 44.9 Å². The van der Waals surface area contributed by atoms with Crippen LogP contribution in [0.25, 0.3) is 0 Å². The molecule has 0 amide bonds. The van der Waals surface area contributed by atoms with E-state index in [-0.39, 0.29) is 5.92 Å². The molecule has 0 saturated heterocycles. The Kier molecular flexibility index (Phi) is 9.80. The molecule has 0 saturated carbocycles. The molecule has 1 heterocycles. The standard InChI is InChI=1S/C28H39NO5S2/c1-6-8-12-21-19-29(22-13-10-9-11-14-22)23-17-25(35-7-2)24(18-26(23)36(31,32)20-21)33-16-15-27(30)34-28(3,4)5/h9-11,13-18,21,31-32H,6-8,12,19-20H2,1-5H3/b16-15+. The zero-order valence-corrected chi connectivity index (χ0v) is 23.5. The van der Waals surface area contributed by atoms with Crippen molar-refractivity contribution < 1.29 is 23.4 Å². The third-order valence-electron chi connectivity index (χ3n) is 5.72. The van der Waals surface area contributed by atoms with Crippen molar-refractivity contribution in [2.75, 3.05) is 23.0 Å². The maximum absolute atomic E-state index is 12.1. The lowest BCUT2D eigenvalue weighted by Gasteiger charge is -2.34. The van der Waals surface area contributed by atoms with E-state index in [1.165, 1.54) is 12.3 Å². The number of unbranched alkanes of at least 4 members (excludes halogenated alkanes) is 1. The van der Waals surface area contributed by atoms with Gasteiger partial charge in [-0.2, -0.15) is 10.6 Å². The highest BCUT2D eigenvalue weighted by Crippen LogP contribution is 2.59. The van der Waals surface area contributed by atoms with E-state index in [2.05, 4.69) is 30.9 Å². The first-order valence-corrected chi connectivity index (χ1v) is 15.2. The summed E-state index contributed by atoms with van der Waals surface area (Å²) < 4.78 is 34.0. The number of thioether (sulfide) groups is 1. The van der Waals surface area contributed by atoms with E-state index < -0.39 is 22.2 Å². The minimum absolute atomic E-state index is 0.140. The Hall–Kier alpha value is -2.13. The summed E-state index contributed by atoms with van der Waals surface area (Å²) in [6.07, 6.45) is 5.58. The Bertz CT molecular complexity index is 1050. The molecule has 2 aromatic carbocycles. The number of rotatable bonds is 9. The van der Waals surface area contributed by atoms with Crippen molar-refractivity contribution in [2.24, 2.45) is 5.92 Å². The molecule has 1 atom stereocenters. The Morgan fingerprint density at radius 3 is 2.56 bits per heavy atom. The fourth-order valence-corrected chi connectivity index (χ4v) is 6.87. The minimum Gasteiger partial charge on any atom is -0.463 e. The predicted octanol–water partition coefficient (Wildman–Crippen LogP) is 8.10. The molecule has 0 fully saturated rings. The van der Waals surface area contributed by atoms with Gasteiger partial charge < -0.3 is 14.4 Å². The summed E-state index contributed by atoms with van der Waals surface area (Å²) in [5.74, 6) is 1.25. The number of ether oxygens (including phenoxy) is 2. The van der Waals surface area contributed by atoms with Crippen LogP contribution in [-0.4, -0.2) is 38.7 Å². The average Bonchev–Trinajstić information content (AvgIpc) is 2.91. The lowest BCUT2D eigenvalue weighted by atomic mass is 10.0. The second-order valence-corrected chi connectivity index (χ2v) is 13.4. The fourth-order valence-electron chi connectivity index (χ4n) is 4.21. The zero-order valence-electron chi connectivity index (χ0n) is 21.9. The van der Waals surface area contributed by atoms with E-state index in [0.29, 0.717) is 22.9 Å². The molecule has 0 spiro atoms. The quantitative estimate of drug-likeness (QED) is 0.146. The average molecular weight is 534 g/mol. The number of carbonyl (C=O) groups excluding carboxylic acids is 1. The van der Waals surface area contributed by atoms with Crippen molar-refractivity contribution >= 4 is 39.7 Å². The van der Waals surface area contributed by atoms with Crippen LogP contribution in [0.2, 0.25) is 0 Å². The maximum Gasteiger partial charge on any atom is 0.334 e. The van der Waals surface area contributed by atoms with E-state index in [9.17, 15) is 13.9 Å². The first-order chi connectivity index (χ1) is 17.0. The van der Waals surface area contributed by atoms with Crippen LogP contribution in [0.1, 0.15) is 53.9 Å². The van der Waals surface area contributed by atoms with Gasteiger partial charge in [-0.15, -0.1) is 11.8 Å². The summed E-state index contributed by atoms with van der Waals surface area (Å²) in [6, 6.07) is 13.8. The summed E-state index contributed by atoms with van der Waals surface area (Å²) in [6.45, 7) is 10.3. The van der Waals surface area contributed by atoms with Crippen LogP contribution in [0.4, 0.5) is 11.4 Å². The van der Waals surface area contributed by atoms with Gasteiger partial charge in [0.05, 0.1) is 27.8 Å². The van der Waals surface area contributed by atoms with Gasteiger partial charge in [-0.05, 0) is 57.1 Å². The molecule has 2 N–H and O–H groups in total. The highest BCUT2D eigenvalue weighted by Gasteiger charge is 2.34. The van der Waals surface area contributed by atoms with Crippen molar-refractivity contribution in [3.8, 4) is 5.75 Å². The summed E-state index contributed by atoms with van der Waals surface area (Å²) in [4.78, 5) is 15.6. The molecule has 8 heteroatoms. The van der Waals surface area contributed by atoms with Crippen molar-refractivity contribution in [2.45, 2.75) is 69.3 Å². The number of esters is 1. The van der Waals surface area contributed by atoms with E-state index >= 15 is 0 Å². The monoisotopic (exact) mass is 533 g/mol. The maximum atomic E-state index is 12.1. The lowest BCUT2D eigenvalue weighted by molar-refractivity contribution is -0.148. The molecular formula is C28H39NO5S2. The van der Waals surface area contributed by atoms with Gasteiger partial charge in [-0.3, -0.25) is 9.11 Å². The molecule has 0 radical (unpaired) electrons. The SMILES string of the molecule is CCCCC1CN(c2ccccc2)c2cc(SCC)c(O/C=C/C(=O)OC(C)(C)C)cc2S(O)(O)C1. The van der Waals surface area contributed by atoms with Crippen molar-refractivity contribution in [3.05, 3.63) is 54.8 Å². The predicted molar refractivity (Wildman–Crippen MR) is 151 cm³/mol. The first-order valence-electron chi connectivity index (χ1n) is 12.5. The fraction of sp³-hybridized carbons (Fsp3) is 0.464. The van der Waals surface area contributed by atoms with Gasteiger partial charge in [0, 0.05) is 24.1 Å². The van der Waals surface area contributed by atoms with E-state index in [1.807, 2.05) is 24.3 Å². The van der Waals surface area contributed by atoms with Crippen LogP contribution in [0.15, 0.2) is 64.6 Å². The van der Waals surface area contributed by atoms with Crippen LogP contribution in [0.5, 0.6) is 5.75 Å². The molecule has 3 rings (SSSR count). The van der Waals surface area contributed by atoms with E-state index in [4.69, 9.17) is 9.47 Å². The number of benzene rings is 2. The lowest BCUT2D eigenvalue weighted by Crippen LogP contribution is -2.25. The largest absolute Gasteiger partial charge is 0.463 e. The molecule has 198 valence electrons.